The van der Waals surface area contributed by atoms with Gasteiger partial charge in [0.1, 0.15) is 5.69 Å². The molecule has 6 heteroatoms. The zero-order valence-corrected chi connectivity index (χ0v) is 10.1. The zero-order chi connectivity index (χ0) is 12.4. The molecule has 2 N–H and O–H groups in total. The number of benzene rings is 1. The van der Waals surface area contributed by atoms with Crippen LogP contribution in [0.5, 0.6) is 0 Å². The van der Waals surface area contributed by atoms with Crippen LogP contribution in [0.3, 0.4) is 0 Å². The minimum Gasteiger partial charge on any atom is -0.361 e. The molecule has 2 rings (SSSR count). The molecule has 0 radical (unpaired) electrons. The van der Waals surface area contributed by atoms with Crippen molar-refractivity contribution in [2.45, 2.75) is 18.9 Å². The van der Waals surface area contributed by atoms with E-state index in [4.69, 9.17) is 17.3 Å². The van der Waals surface area contributed by atoms with Gasteiger partial charge in [-0.15, -0.1) is 0 Å². The van der Waals surface area contributed by atoms with E-state index in [9.17, 15) is 10.1 Å². The van der Waals surface area contributed by atoms with Gasteiger partial charge in [-0.3, -0.25) is 10.1 Å². The summed E-state index contributed by atoms with van der Waals surface area (Å²) in [6.07, 6.45) is 1.95. The molecule has 17 heavy (non-hydrogen) atoms. The van der Waals surface area contributed by atoms with Gasteiger partial charge in [0.15, 0.2) is 0 Å². The number of hydrogen-bond acceptors (Lipinski definition) is 4. The van der Waals surface area contributed by atoms with Crippen LogP contribution in [0.25, 0.3) is 0 Å². The van der Waals surface area contributed by atoms with E-state index in [1.807, 2.05) is 4.90 Å². The van der Waals surface area contributed by atoms with E-state index >= 15 is 0 Å². The maximum absolute atomic E-state index is 11.0. The molecule has 1 atom stereocenters. The SMILES string of the molecule is NCC1CCCN1c1c(Cl)cccc1[N+](=O)[O-]. The first-order valence-electron chi connectivity index (χ1n) is 5.54. The number of halogens is 1. The van der Waals surface area contributed by atoms with E-state index < -0.39 is 4.92 Å². The summed E-state index contributed by atoms with van der Waals surface area (Å²) in [7, 11) is 0. The summed E-state index contributed by atoms with van der Waals surface area (Å²) in [5, 5.41) is 11.4. The second kappa shape index (κ2) is 4.89. The van der Waals surface area contributed by atoms with E-state index in [1.165, 1.54) is 6.07 Å². The first kappa shape index (κ1) is 12.1. The van der Waals surface area contributed by atoms with Crippen molar-refractivity contribution in [1.29, 1.82) is 0 Å². The van der Waals surface area contributed by atoms with Gasteiger partial charge in [-0.1, -0.05) is 17.7 Å². The Morgan fingerprint density at radius 3 is 3.00 bits per heavy atom. The monoisotopic (exact) mass is 255 g/mol. The van der Waals surface area contributed by atoms with Gasteiger partial charge in [0.25, 0.3) is 5.69 Å². The zero-order valence-electron chi connectivity index (χ0n) is 9.30. The standard InChI is InChI=1S/C11H14ClN3O2/c12-9-4-1-5-10(15(16)17)11(9)14-6-2-3-8(14)7-13/h1,4-5,8H,2-3,6-7,13H2. The summed E-state index contributed by atoms with van der Waals surface area (Å²) in [5.74, 6) is 0. The molecular formula is C11H14ClN3O2. The molecule has 1 aliphatic heterocycles. The number of nitrogens with two attached hydrogens (primary N) is 1. The largest absolute Gasteiger partial charge is 0.361 e. The Morgan fingerprint density at radius 1 is 1.59 bits per heavy atom. The van der Waals surface area contributed by atoms with Crippen molar-refractivity contribution in [3.8, 4) is 0 Å². The highest BCUT2D eigenvalue weighted by molar-refractivity contribution is 6.33. The number of nitrogens with zero attached hydrogens (tertiary/aromatic N) is 2. The van der Waals surface area contributed by atoms with Crippen LogP contribution >= 0.6 is 11.6 Å². The maximum Gasteiger partial charge on any atom is 0.294 e. The Labute approximate surface area is 104 Å². The Hall–Kier alpha value is -1.33. The molecule has 1 aliphatic rings. The van der Waals surface area contributed by atoms with Crippen LogP contribution in [0.4, 0.5) is 11.4 Å². The molecule has 92 valence electrons. The maximum atomic E-state index is 11.0. The second-order valence-electron chi connectivity index (χ2n) is 4.09. The number of anilines is 1. The molecule has 0 spiro atoms. The number of para-hydroxylation sites is 1. The topological polar surface area (TPSA) is 72.4 Å². The molecule has 0 bridgehead atoms. The van der Waals surface area contributed by atoms with Crippen LogP contribution in [0.1, 0.15) is 12.8 Å². The summed E-state index contributed by atoms with van der Waals surface area (Å²) >= 11 is 6.09. The fourth-order valence-electron chi connectivity index (χ4n) is 2.31. The van der Waals surface area contributed by atoms with E-state index in [2.05, 4.69) is 0 Å². The van der Waals surface area contributed by atoms with Gasteiger partial charge >= 0.3 is 0 Å². The van der Waals surface area contributed by atoms with Crippen molar-refractivity contribution in [3.63, 3.8) is 0 Å². The molecule has 0 amide bonds. The fourth-order valence-corrected chi connectivity index (χ4v) is 2.59. The molecule has 0 saturated carbocycles. The summed E-state index contributed by atoms with van der Waals surface area (Å²) in [6.45, 7) is 1.26. The van der Waals surface area contributed by atoms with Gasteiger partial charge in [-0.2, -0.15) is 0 Å². The van der Waals surface area contributed by atoms with Gasteiger partial charge < -0.3 is 10.6 Å². The number of nitro benzene ring substituents is 1. The van der Waals surface area contributed by atoms with Crippen molar-refractivity contribution in [1.82, 2.24) is 0 Å². The summed E-state index contributed by atoms with van der Waals surface area (Å²) < 4.78 is 0. The molecule has 1 saturated heterocycles. The molecule has 5 nitrogen and oxygen atoms in total. The fraction of sp³-hybridized carbons (Fsp3) is 0.455. The summed E-state index contributed by atoms with van der Waals surface area (Å²) in [6, 6.07) is 4.90. The minimum atomic E-state index is -0.396. The number of nitro groups is 1. The highest BCUT2D eigenvalue weighted by Crippen LogP contribution is 2.38. The van der Waals surface area contributed by atoms with Gasteiger partial charge in [-0.25, -0.2) is 0 Å². The number of hydrogen-bond donors (Lipinski definition) is 1. The van der Waals surface area contributed by atoms with E-state index in [-0.39, 0.29) is 11.7 Å². The third-order valence-corrected chi connectivity index (χ3v) is 3.40. The Balaban J connectivity index is 2.46. The molecule has 0 aliphatic carbocycles. The van der Waals surface area contributed by atoms with Crippen LogP contribution in [0.15, 0.2) is 18.2 Å². The van der Waals surface area contributed by atoms with E-state index in [0.717, 1.165) is 19.4 Å². The average molecular weight is 256 g/mol. The molecule has 1 heterocycles. The van der Waals surface area contributed by atoms with Crippen molar-refractivity contribution >= 4 is 23.0 Å². The van der Waals surface area contributed by atoms with Crippen molar-refractivity contribution in [2.24, 2.45) is 5.73 Å². The first-order valence-corrected chi connectivity index (χ1v) is 5.92. The van der Waals surface area contributed by atoms with Crippen LogP contribution in [0, 0.1) is 10.1 Å². The van der Waals surface area contributed by atoms with Gasteiger partial charge in [-0.05, 0) is 18.9 Å². The lowest BCUT2D eigenvalue weighted by Gasteiger charge is -2.26. The molecule has 0 aromatic heterocycles. The Kier molecular flexibility index (Phi) is 3.49. The molecule has 1 fully saturated rings. The third kappa shape index (κ3) is 2.21. The van der Waals surface area contributed by atoms with Crippen molar-refractivity contribution in [2.75, 3.05) is 18.0 Å². The Bertz CT molecular complexity index is 439. The van der Waals surface area contributed by atoms with Crippen LogP contribution in [0.2, 0.25) is 5.02 Å². The lowest BCUT2D eigenvalue weighted by molar-refractivity contribution is -0.384. The predicted octanol–water partition coefficient (Wildman–Crippen LogP) is 2.18. The second-order valence-corrected chi connectivity index (χ2v) is 4.50. The van der Waals surface area contributed by atoms with E-state index in [1.54, 1.807) is 12.1 Å². The van der Waals surface area contributed by atoms with Gasteiger partial charge in [0.05, 0.1) is 9.95 Å². The van der Waals surface area contributed by atoms with E-state index in [0.29, 0.717) is 17.3 Å². The average Bonchev–Trinajstić information content (AvgIpc) is 2.76. The van der Waals surface area contributed by atoms with Crippen LogP contribution < -0.4 is 10.6 Å². The summed E-state index contributed by atoms with van der Waals surface area (Å²) in [4.78, 5) is 12.6. The third-order valence-electron chi connectivity index (χ3n) is 3.10. The quantitative estimate of drug-likeness (QED) is 0.664. The van der Waals surface area contributed by atoms with Gasteiger partial charge in [0, 0.05) is 25.2 Å². The Morgan fingerprint density at radius 2 is 2.35 bits per heavy atom. The van der Waals surface area contributed by atoms with Crippen LogP contribution in [-0.2, 0) is 0 Å². The number of rotatable bonds is 3. The first-order chi connectivity index (χ1) is 8.15. The normalized spacial score (nSPS) is 19.6. The van der Waals surface area contributed by atoms with Crippen LogP contribution in [-0.4, -0.2) is 24.1 Å². The predicted molar refractivity (Wildman–Crippen MR) is 67.5 cm³/mol. The molecular weight excluding hydrogens is 242 g/mol. The summed E-state index contributed by atoms with van der Waals surface area (Å²) in [5.41, 5.74) is 6.24. The lowest BCUT2D eigenvalue weighted by Crippen LogP contribution is -2.35. The van der Waals surface area contributed by atoms with Crippen molar-refractivity contribution in [3.05, 3.63) is 33.3 Å². The highest BCUT2D eigenvalue weighted by Gasteiger charge is 2.30. The lowest BCUT2D eigenvalue weighted by atomic mass is 10.2. The smallest absolute Gasteiger partial charge is 0.294 e. The molecule has 1 unspecified atom stereocenters. The molecule has 1 aromatic rings. The minimum absolute atomic E-state index is 0.0536. The van der Waals surface area contributed by atoms with Gasteiger partial charge in [0.2, 0.25) is 0 Å². The molecule has 1 aromatic carbocycles. The van der Waals surface area contributed by atoms with Crippen molar-refractivity contribution < 1.29 is 4.92 Å². The highest BCUT2D eigenvalue weighted by atomic mass is 35.5.